The van der Waals surface area contributed by atoms with Crippen LogP contribution < -0.4 is 0 Å². The van der Waals surface area contributed by atoms with Gasteiger partial charge in [0.2, 0.25) is 7.37 Å². The number of rotatable bonds is 0. The summed E-state index contributed by atoms with van der Waals surface area (Å²) in [6.45, 7) is 4.84. The Morgan fingerprint density at radius 3 is 1.40 bits per heavy atom. The van der Waals surface area contributed by atoms with Crippen LogP contribution in [-0.4, -0.2) is 17.2 Å². The molecule has 1 aliphatic heterocycles. The Morgan fingerprint density at radius 2 is 1.05 bits per heavy atom. The Hall–Kier alpha value is 0.190. The first-order valence-electron chi connectivity index (χ1n) is 8.38. The van der Waals surface area contributed by atoms with E-state index in [1.54, 1.807) is 0 Å². The fourth-order valence-electron chi connectivity index (χ4n) is 8.57. The minimum absolute atomic E-state index is 0.325. The zero-order chi connectivity index (χ0) is 14.1. The van der Waals surface area contributed by atoms with E-state index in [0.29, 0.717) is 28.6 Å². The van der Waals surface area contributed by atoms with Crippen LogP contribution in [0.1, 0.15) is 65.2 Å². The Morgan fingerprint density at radius 1 is 0.700 bits per heavy atom. The molecule has 0 aromatic carbocycles. The monoisotopic (exact) mass is 294 g/mol. The second-order valence-electron chi connectivity index (χ2n) is 10.7. The molecule has 0 radical (unpaired) electrons. The summed E-state index contributed by atoms with van der Waals surface area (Å²) in [7, 11) is -2.65. The summed E-state index contributed by atoms with van der Waals surface area (Å²) in [6.07, 6.45) is 12.7. The maximum atomic E-state index is 11.5. The Bertz CT molecular complexity index is 517. The van der Waals surface area contributed by atoms with Crippen LogP contribution in [0, 0.1) is 27.1 Å². The summed E-state index contributed by atoms with van der Waals surface area (Å²) in [5, 5.41) is 0. The van der Waals surface area contributed by atoms with Crippen molar-refractivity contribution in [2.45, 2.75) is 65.2 Å². The van der Waals surface area contributed by atoms with Crippen molar-refractivity contribution >= 4 is 7.37 Å². The van der Waals surface area contributed by atoms with Gasteiger partial charge in [0.1, 0.15) is 0 Å². The van der Waals surface area contributed by atoms with Crippen molar-refractivity contribution in [3.05, 3.63) is 0 Å². The topological polar surface area (TPSA) is 37.3 Å². The average molecular weight is 294 g/mol. The van der Waals surface area contributed by atoms with Gasteiger partial charge < -0.3 is 4.89 Å². The van der Waals surface area contributed by atoms with Crippen LogP contribution in [0.2, 0.25) is 0 Å². The SMILES string of the molecule is CC1(C)CC2(C1)CC1(C2)CC2(C1)CC1(C2)CP(=O)(O)C1. The second-order valence-corrected chi connectivity index (χ2v) is 13.1. The molecule has 3 heteroatoms. The van der Waals surface area contributed by atoms with Crippen molar-refractivity contribution in [2.24, 2.45) is 27.1 Å². The highest BCUT2D eigenvalue weighted by Crippen LogP contribution is 2.85. The van der Waals surface area contributed by atoms with Gasteiger partial charge in [0, 0.05) is 12.3 Å². The van der Waals surface area contributed by atoms with Crippen LogP contribution in [0.15, 0.2) is 0 Å². The summed E-state index contributed by atoms with van der Waals surface area (Å²) in [5.41, 5.74) is 3.06. The van der Waals surface area contributed by atoms with Gasteiger partial charge in [-0.3, -0.25) is 4.57 Å². The van der Waals surface area contributed by atoms with Crippen LogP contribution in [0.25, 0.3) is 0 Å². The van der Waals surface area contributed by atoms with E-state index in [4.69, 9.17) is 0 Å². The molecule has 112 valence electrons. The van der Waals surface area contributed by atoms with Crippen molar-refractivity contribution in [1.82, 2.24) is 0 Å². The third-order valence-corrected chi connectivity index (χ3v) is 9.70. The molecule has 5 rings (SSSR count). The van der Waals surface area contributed by atoms with Gasteiger partial charge in [-0.25, -0.2) is 0 Å². The summed E-state index contributed by atoms with van der Waals surface area (Å²) < 4.78 is 11.5. The molecule has 2 nitrogen and oxygen atoms in total. The molecule has 0 amide bonds. The predicted octanol–water partition coefficient (Wildman–Crippen LogP) is 4.42. The molecule has 0 unspecified atom stereocenters. The van der Waals surface area contributed by atoms with Gasteiger partial charge in [0.25, 0.3) is 0 Å². The summed E-state index contributed by atoms with van der Waals surface area (Å²) in [5.74, 6) is 0. The molecule has 5 fully saturated rings. The van der Waals surface area contributed by atoms with Gasteiger partial charge >= 0.3 is 0 Å². The molecule has 0 aromatic heterocycles. The molecule has 4 saturated carbocycles. The molecule has 4 aliphatic carbocycles. The van der Waals surface area contributed by atoms with Gasteiger partial charge in [-0.15, -0.1) is 0 Å². The van der Waals surface area contributed by atoms with Gasteiger partial charge in [-0.05, 0) is 78.4 Å². The molecule has 20 heavy (non-hydrogen) atoms. The zero-order valence-electron chi connectivity index (χ0n) is 12.9. The molecule has 1 N–H and O–H groups in total. The van der Waals surface area contributed by atoms with E-state index in [-0.39, 0.29) is 0 Å². The predicted molar refractivity (Wildman–Crippen MR) is 80.0 cm³/mol. The first kappa shape index (κ1) is 12.7. The molecule has 1 heterocycles. The Kier molecular flexibility index (Phi) is 1.89. The maximum absolute atomic E-state index is 11.5. The van der Waals surface area contributed by atoms with Gasteiger partial charge in [-0.2, -0.15) is 0 Å². The van der Waals surface area contributed by atoms with Crippen LogP contribution in [0.5, 0.6) is 0 Å². The van der Waals surface area contributed by atoms with Crippen molar-refractivity contribution < 1.29 is 9.46 Å². The molecule has 1 saturated heterocycles. The minimum atomic E-state index is -2.65. The smallest absolute Gasteiger partial charge is 0.201 e. The minimum Gasteiger partial charge on any atom is -0.344 e. The van der Waals surface area contributed by atoms with Gasteiger partial charge in [0.05, 0.1) is 0 Å². The van der Waals surface area contributed by atoms with E-state index in [1.165, 1.54) is 51.4 Å². The maximum Gasteiger partial charge on any atom is 0.201 e. The zero-order valence-corrected chi connectivity index (χ0v) is 13.8. The highest BCUT2D eigenvalue weighted by molar-refractivity contribution is 7.59. The van der Waals surface area contributed by atoms with E-state index in [0.717, 1.165) is 10.8 Å². The van der Waals surface area contributed by atoms with E-state index in [9.17, 15) is 9.46 Å². The molecule has 0 atom stereocenters. The van der Waals surface area contributed by atoms with Crippen molar-refractivity contribution in [2.75, 3.05) is 12.3 Å². The highest BCUT2D eigenvalue weighted by Gasteiger charge is 2.74. The van der Waals surface area contributed by atoms with E-state index < -0.39 is 7.37 Å². The third kappa shape index (κ3) is 1.48. The quantitative estimate of drug-likeness (QED) is 0.672. The summed E-state index contributed by atoms with van der Waals surface area (Å²) in [6, 6.07) is 0. The molecular weight excluding hydrogens is 267 g/mol. The fourth-order valence-corrected chi connectivity index (χ4v) is 11.0. The molecular formula is C17H27O2P. The van der Waals surface area contributed by atoms with E-state index >= 15 is 0 Å². The van der Waals surface area contributed by atoms with Crippen LogP contribution in [-0.2, 0) is 4.57 Å². The third-order valence-electron chi connectivity index (χ3n) is 7.37. The molecule has 4 spiro atoms. The molecule has 0 bridgehead atoms. The second kappa shape index (κ2) is 2.98. The average Bonchev–Trinajstić information content (AvgIpc) is 2.02. The van der Waals surface area contributed by atoms with E-state index in [1.807, 2.05) is 0 Å². The largest absolute Gasteiger partial charge is 0.344 e. The molecule has 0 aromatic rings. The fraction of sp³-hybridized carbons (Fsp3) is 1.00. The van der Waals surface area contributed by atoms with Gasteiger partial charge in [-0.1, -0.05) is 13.8 Å². The lowest BCUT2D eigenvalue weighted by Crippen LogP contribution is -2.69. The number of hydrogen-bond donors (Lipinski definition) is 1. The summed E-state index contributed by atoms with van der Waals surface area (Å²) in [4.78, 5) is 9.55. The van der Waals surface area contributed by atoms with Crippen LogP contribution in [0.3, 0.4) is 0 Å². The van der Waals surface area contributed by atoms with Crippen molar-refractivity contribution in [3.63, 3.8) is 0 Å². The van der Waals surface area contributed by atoms with Crippen molar-refractivity contribution in [3.8, 4) is 0 Å². The normalized spacial score (nSPS) is 41.4. The van der Waals surface area contributed by atoms with Crippen LogP contribution in [0.4, 0.5) is 0 Å². The van der Waals surface area contributed by atoms with Gasteiger partial charge in [0.15, 0.2) is 0 Å². The van der Waals surface area contributed by atoms with E-state index in [2.05, 4.69) is 13.8 Å². The lowest BCUT2D eigenvalue weighted by atomic mass is 9.28. The lowest BCUT2D eigenvalue weighted by molar-refractivity contribution is -0.263. The number of hydrogen-bond acceptors (Lipinski definition) is 1. The van der Waals surface area contributed by atoms with Crippen LogP contribution >= 0.6 is 7.37 Å². The first-order chi connectivity index (χ1) is 9.07. The molecule has 5 aliphatic rings. The summed E-state index contributed by atoms with van der Waals surface area (Å²) >= 11 is 0. The van der Waals surface area contributed by atoms with Crippen molar-refractivity contribution in [1.29, 1.82) is 0 Å². The lowest BCUT2D eigenvalue weighted by Gasteiger charge is -2.78. The first-order valence-corrected chi connectivity index (χ1v) is 10.4. The standard InChI is InChI=1S/C17H27O2P/c1-13(2)3-14(4-13)5-15(6-14)7-16(8-15)9-17(10-16)11-20(18,19)12-17/h3-12H2,1-2H3,(H,18,19). The Balaban J connectivity index is 1.17. The highest BCUT2D eigenvalue weighted by atomic mass is 31.2. The Labute approximate surface area is 122 Å².